The fourth-order valence-corrected chi connectivity index (χ4v) is 3.10. The number of aliphatic hydroxyl groups excluding tert-OH is 2. The average Bonchev–Trinajstić information content (AvgIpc) is 2.63. The fraction of sp³-hybridized carbons (Fsp3) is 0.375. The van der Waals surface area contributed by atoms with Gasteiger partial charge in [-0.15, -0.1) is 0 Å². The molecule has 1 aromatic carbocycles. The Morgan fingerprint density at radius 2 is 1.89 bits per heavy atom. The van der Waals surface area contributed by atoms with Crippen LogP contribution in [-0.4, -0.2) is 23.3 Å². The minimum atomic E-state index is 0.0362. The van der Waals surface area contributed by atoms with Crippen LogP contribution in [-0.2, 0) is 0 Å². The molecule has 3 nitrogen and oxygen atoms in total. The maximum atomic E-state index is 9.81. The summed E-state index contributed by atoms with van der Waals surface area (Å²) in [4.78, 5) is 0. The Kier molecular flexibility index (Phi) is 3.30. The van der Waals surface area contributed by atoms with Crippen molar-refractivity contribution < 1.29 is 10.2 Å². The van der Waals surface area contributed by atoms with Gasteiger partial charge in [-0.3, -0.25) is 0 Å². The van der Waals surface area contributed by atoms with Crippen LogP contribution in [0.2, 0.25) is 0 Å². The Morgan fingerprint density at radius 3 is 2.68 bits per heavy atom. The Balaban J connectivity index is 2.00. The lowest BCUT2D eigenvalue weighted by molar-refractivity contribution is 0.294. The van der Waals surface area contributed by atoms with Gasteiger partial charge in [0.25, 0.3) is 0 Å². The number of hydrogen-bond acceptors (Lipinski definition) is 3. The van der Waals surface area contributed by atoms with Crippen molar-refractivity contribution in [1.29, 1.82) is 0 Å². The first-order valence-electron chi connectivity index (χ1n) is 6.84. The maximum Gasteiger partial charge on any atom is 0.152 e. The molecular weight excluding hydrogens is 238 g/mol. The zero-order valence-corrected chi connectivity index (χ0v) is 10.8. The molecule has 3 heteroatoms. The van der Waals surface area contributed by atoms with Crippen molar-refractivity contribution in [2.24, 2.45) is 5.92 Å². The molecule has 2 unspecified atom stereocenters. The first-order chi connectivity index (χ1) is 9.25. The summed E-state index contributed by atoms with van der Waals surface area (Å²) in [6.45, 7) is 1.85. The smallest absolute Gasteiger partial charge is 0.152 e. The van der Waals surface area contributed by atoms with Crippen LogP contribution in [0.3, 0.4) is 0 Å². The van der Waals surface area contributed by atoms with Gasteiger partial charge >= 0.3 is 0 Å². The second-order valence-electron chi connectivity index (χ2n) is 5.33. The zero-order valence-electron chi connectivity index (χ0n) is 10.8. The standard InChI is InChI=1S/C16H19NO2/c18-15-8-12-6-7-17-10-14(13(12)9-16(15)19)11-4-2-1-3-5-11/h1-5,9,12,14,17-19H,6-8,10H2. The minimum Gasteiger partial charge on any atom is -0.508 e. The van der Waals surface area contributed by atoms with Gasteiger partial charge in [0.15, 0.2) is 5.76 Å². The average molecular weight is 257 g/mol. The third-order valence-corrected chi connectivity index (χ3v) is 4.13. The first-order valence-corrected chi connectivity index (χ1v) is 6.84. The second kappa shape index (κ2) is 5.10. The highest BCUT2D eigenvalue weighted by atomic mass is 16.3. The van der Waals surface area contributed by atoms with Gasteiger partial charge in [-0.05, 0) is 30.5 Å². The van der Waals surface area contributed by atoms with Crippen LogP contribution in [0, 0.1) is 5.92 Å². The number of aliphatic hydroxyl groups is 2. The van der Waals surface area contributed by atoms with E-state index >= 15 is 0 Å². The van der Waals surface area contributed by atoms with E-state index in [1.54, 1.807) is 6.08 Å². The first kappa shape index (κ1) is 12.3. The van der Waals surface area contributed by atoms with Crippen molar-refractivity contribution in [3.8, 4) is 0 Å². The topological polar surface area (TPSA) is 52.5 Å². The molecule has 0 saturated carbocycles. The highest BCUT2D eigenvalue weighted by Gasteiger charge is 2.30. The van der Waals surface area contributed by atoms with E-state index in [0.717, 1.165) is 19.5 Å². The van der Waals surface area contributed by atoms with Crippen molar-refractivity contribution in [3.05, 3.63) is 59.1 Å². The fourth-order valence-electron chi connectivity index (χ4n) is 3.10. The molecule has 0 bridgehead atoms. The Hall–Kier alpha value is -1.74. The van der Waals surface area contributed by atoms with Crippen LogP contribution in [0.5, 0.6) is 0 Å². The molecule has 1 aliphatic heterocycles. The molecule has 1 aliphatic carbocycles. The predicted octanol–water partition coefficient (Wildman–Crippen LogP) is 3.04. The predicted molar refractivity (Wildman–Crippen MR) is 75.1 cm³/mol. The minimum absolute atomic E-state index is 0.0362. The number of rotatable bonds is 1. The van der Waals surface area contributed by atoms with Gasteiger partial charge in [0.05, 0.1) is 0 Å². The molecule has 100 valence electrons. The second-order valence-corrected chi connectivity index (χ2v) is 5.33. The molecule has 19 heavy (non-hydrogen) atoms. The summed E-state index contributed by atoms with van der Waals surface area (Å²) >= 11 is 0. The summed E-state index contributed by atoms with van der Waals surface area (Å²) in [6.07, 6.45) is 3.34. The van der Waals surface area contributed by atoms with E-state index in [1.165, 1.54) is 11.1 Å². The van der Waals surface area contributed by atoms with Crippen molar-refractivity contribution in [2.45, 2.75) is 18.8 Å². The van der Waals surface area contributed by atoms with Gasteiger partial charge in [0, 0.05) is 18.9 Å². The van der Waals surface area contributed by atoms with Crippen LogP contribution in [0.25, 0.3) is 0 Å². The maximum absolute atomic E-state index is 9.81. The largest absolute Gasteiger partial charge is 0.508 e. The number of allylic oxidation sites excluding steroid dienone is 2. The number of fused-ring (bicyclic) bond motifs is 1. The van der Waals surface area contributed by atoms with Crippen molar-refractivity contribution >= 4 is 0 Å². The normalized spacial score (nSPS) is 27.5. The Labute approximate surface area is 113 Å². The molecule has 1 heterocycles. The lowest BCUT2D eigenvalue weighted by atomic mass is 9.78. The molecule has 0 radical (unpaired) electrons. The zero-order chi connectivity index (χ0) is 13.2. The number of benzene rings is 1. The van der Waals surface area contributed by atoms with Crippen molar-refractivity contribution in [1.82, 2.24) is 5.32 Å². The molecule has 1 fully saturated rings. The SMILES string of the molecule is OC1=C(O)CC2CCNCC(c3ccccc3)C2=C1. The summed E-state index contributed by atoms with van der Waals surface area (Å²) in [5.74, 6) is 0.775. The highest BCUT2D eigenvalue weighted by molar-refractivity contribution is 5.38. The van der Waals surface area contributed by atoms with Gasteiger partial charge in [-0.1, -0.05) is 35.9 Å². The lowest BCUT2D eigenvalue weighted by Gasteiger charge is -2.27. The lowest BCUT2D eigenvalue weighted by Crippen LogP contribution is -2.21. The third kappa shape index (κ3) is 2.38. The van der Waals surface area contributed by atoms with Gasteiger partial charge in [0.1, 0.15) is 5.76 Å². The van der Waals surface area contributed by atoms with Crippen LogP contribution in [0.4, 0.5) is 0 Å². The van der Waals surface area contributed by atoms with Gasteiger partial charge in [-0.25, -0.2) is 0 Å². The van der Waals surface area contributed by atoms with E-state index in [1.807, 2.05) is 18.2 Å². The van der Waals surface area contributed by atoms with E-state index in [4.69, 9.17) is 0 Å². The van der Waals surface area contributed by atoms with Crippen molar-refractivity contribution in [2.75, 3.05) is 13.1 Å². The molecule has 0 aromatic heterocycles. The van der Waals surface area contributed by atoms with Crippen LogP contribution in [0.15, 0.2) is 53.5 Å². The summed E-state index contributed by atoms with van der Waals surface area (Å²) in [7, 11) is 0. The van der Waals surface area contributed by atoms with E-state index in [9.17, 15) is 10.2 Å². The Bertz CT molecular complexity index is 519. The molecule has 3 N–H and O–H groups in total. The summed E-state index contributed by atoms with van der Waals surface area (Å²) in [5, 5.41) is 23.0. The monoisotopic (exact) mass is 257 g/mol. The molecule has 1 saturated heterocycles. The van der Waals surface area contributed by atoms with E-state index in [2.05, 4.69) is 17.4 Å². The highest BCUT2D eigenvalue weighted by Crippen LogP contribution is 2.39. The van der Waals surface area contributed by atoms with Gasteiger partial charge in [0.2, 0.25) is 0 Å². The molecular formula is C16H19NO2. The molecule has 3 rings (SSSR count). The summed E-state index contributed by atoms with van der Waals surface area (Å²) in [6, 6.07) is 10.4. The molecule has 1 aromatic rings. The van der Waals surface area contributed by atoms with Gasteiger partial charge < -0.3 is 15.5 Å². The van der Waals surface area contributed by atoms with Crippen molar-refractivity contribution in [3.63, 3.8) is 0 Å². The molecule has 2 atom stereocenters. The van der Waals surface area contributed by atoms with Gasteiger partial charge in [-0.2, -0.15) is 0 Å². The van der Waals surface area contributed by atoms with Crippen LogP contribution in [0.1, 0.15) is 24.3 Å². The molecule has 0 spiro atoms. The quantitative estimate of drug-likeness (QED) is 0.725. The summed E-state index contributed by atoms with van der Waals surface area (Å²) < 4.78 is 0. The van der Waals surface area contributed by atoms with E-state index < -0.39 is 0 Å². The molecule has 0 amide bonds. The number of hydrogen-bond donors (Lipinski definition) is 3. The van der Waals surface area contributed by atoms with Crippen LogP contribution >= 0.6 is 0 Å². The molecule has 2 aliphatic rings. The van der Waals surface area contributed by atoms with Crippen LogP contribution < -0.4 is 5.32 Å². The number of nitrogens with one attached hydrogen (secondary N) is 1. The van der Waals surface area contributed by atoms with E-state index in [0.29, 0.717) is 12.3 Å². The van der Waals surface area contributed by atoms with E-state index in [-0.39, 0.29) is 17.4 Å². The Morgan fingerprint density at radius 1 is 1.11 bits per heavy atom. The summed E-state index contributed by atoms with van der Waals surface area (Å²) in [5.41, 5.74) is 2.51. The third-order valence-electron chi connectivity index (χ3n) is 4.13.